The Morgan fingerprint density at radius 2 is 1.77 bits per heavy atom. The van der Waals surface area contributed by atoms with Crippen molar-refractivity contribution < 1.29 is 32.3 Å². The van der Waals surface area contributed by atoms with Gasteiger partial charge in [-0.2, -0.15) is 13.2 Å². The molecular formula is C21H18F3N3O4. The van der Waals surface area contributed by atoms with E-state index in [1.165, 1.54) is 6.07 Å². The van der Waals surface area contributed by atoms with E-state index in [-0.39, 0.29) is 24.6 Å². The molecule has 2 aromatic carbocycles. The highest BCUT2D eigenvalue weighted by Crippen LogP contribution is 2.34. The molecular weight excluding hydrogens is 415 g/mol. The lowest BCUT2D eigenvalue weighted by atomic mass is 9.99. The van der Waals surface area contributed by atoms with Gasteiger partial charge in [-0.25, -0.2) is 4.79 Å². The van der Waals surface area contributed by atoms with E-state index < -0.39 is 35.2 Å². The number of nitrogens with one attached hydrogen (secondary N) is 1. The summed E-state index contributed by atoms with van der Waals surface area (Å²) in [6.07, 6.45) is -5.00. The van der Waals surface area contributed by atoms with Gasteiger partial charge >= 0.3 is 12.1 Å². The normalized spacial score (nSPS) is 12.4. The number of nitrogens with zero attached hydrogens (tertiary/aromatic N) is 2. The molecule has 0 fully saturated rings. The molecule has 3 rings (SSSR count). The quantitative estimate of drug-likeness (QED) is 0.585. The van der Waals surface area contributed by atoms with Gasteiger partial charge in [-0.3, -0.25) is 4.79 Å². The van der Waals surface area contributed by atoms with Gasteiger partial charge in [0.2, 0.25) is 17.7 Å². The number of carbonyl (C=O) groups is 2. The number of halogens is 3. The van der Waals surface area contributed by atoms with Gasteiger partial charge in [0.1, 0.15) is 0 Å². The Kier molecular flexibility index (Phi) is 6.38. The van der Waals surface area contributed by atoms with Crippen LogP contribution in [-0.4, -0.2) is 27.2 Å². The Morgan fingerprint density at radius 1 is 1.10 bits per heavy atom. The highest BCUT2D eigenvalue weighted by atomic mass is 19.4. The zero-order valence-corrected chi connectivity index (χ0v) is 16.3. The van der Waals surface area contributed by atoms with Crippen molar-refractivity contribution in [1.29, 1.82) is 0 Å². The number of aryl methyl sites for hydroxylation is 2. The maximum atomic E-state index is 13.2. The van der Waals surface area contributed by atoms with Crippen LogP contribution < -0.4 is 5.32 Å². The SMILES string of the molecule is Cc1ccc(-c2nnc(CCC(=O)N[C@H](C(=O)O)c3ccccc3C(F)(F)F)o2)cc1. The number of carbonyl (C=O) groups excluding carboxylic acids is 1. The molecule has 0 unspecified atom stereocenters. The number of aromatic nitrogens is 2. The van der Waals surface area contributed by atoms with E-state index in [1.54, 1.807) is 12.1 Å². The van der Waals surface area contributed by atoms with E-state index >= 15 is 0 Å². The summed E-state index contributed by atoms with van der Waals surface area (Å²) in [4.78, 5) is 23.8. The van der Waals surface area contributed by atoms with Crippen LogP contribution in [0.5, 0.6) is 0 Å². The van der Waals surface area contributed by atoms with Crippen LogP contribution in [0.4, 0.5) is 13.2 Å². The zero-order chi connectivity index (χ0) is 22.6. The van der Waals surface area contributed by atoms with Crippen LogP contribution in [0.2, 0.25) is 0 Å². The second-order valence-corrected chi connectivity index (χ2v) is 6.79. The number of benzene rings is 2. The first-order valence-corrected chi connectivity index (χ1v) is 9.23. The van der Waals surface area contributed by atoms with E-state index in [2.05, 4.69) is 15.5 Å². The van der Waals surface area contributed by atoms with Crippen LogP contribution in [0, 0.1) is 6.92 Å². The molecule has 1 atom stereocenters. The number of alkyl halides is 3. The molecule has 0 aliphatic heterocycles. The molecule has 31 heavy (non-hydrogen) atoms. The van der Waals surface area contributed by atoms with E-state index in [9.17, 15) is 27.9 Å². The number of aliphatic carboxylic acids is 1. The van der Waals surface area contributed by atoms with Crippen LogP contribution in [0.25, 0.3) is 11.5 Å². The molecule has 0 aliphatic carbocycles. The predicted octanol–water partition coefficient (Wildman–Crippen LogP) is 3.94. The summed E-state index contributed by atoms with van der Waals surface area (Å²) in [6, 6.07) is 9.71. The Labute approximate surface area is 174 Å². The van der Waals surface area contributed by atoms with Crippen molar-refractivity contribution in [3.05, 3.63) is 71.1 Å². The van der Waals surface area contributed by atoms with Crippen molar-refractivity contribution in [2.24, 2.45) is 0 Å². The number of carboxylic acids is 1. The molecule has 0 saturated carbocycles. The minimum atomic E-state index is -4.76. The summed E-state index contributed by atoms with van der Waals surface area (Å²) in [7, 11) is 0. The van der Waals surface area contributed by atoms with Crippen LogP contribution in [-0.2, 0) is 22.2 Å². The molecule has 0 radical (unpaired) electrons. The highest BCUT2D eigenvalue weighted by molar-refractivity contribution is 5.85. The maximum Gasteiger partial charge on any atom is 0.416 e. The van der Waals surface area contributed by atoms with Crippen molar-refractivity contribution in [1.82, 2.24) is 15.5 Å². The van der Waals surface area contributed by atoms with Crippen molar-refractivity contribution in [3.63, 3.8) is 0 Å². The van der Waals surface area contributed by atoms with Crippen LogP contribution in [0.1, 0.15) is 35.0 Å². The second-order valence-electron chi connectivity index (χ2n) is 6.79. The smallest absolute Gasteiger partial charge is 0.416 e. The van der Waals surface area contributed by atoms with Gasteiger partial charge in [0, 0.05) is 18.4 Å². The molecule has 162 valence electrons. The number of carboxylic acid groups (broad SMARTS) is 1. The monoisotopic (exact) mass is 433 g/mol. The first kappa shape index (κ1) is 22.0. The molecule has 10 heteroatoms. The first-order valence-electron chi connectivity index (χ1n) is 9.23. The number of hydrogen-bond acceptors (Lipinski definition) is 5. The minimum absolute atomic E-state index is 0.00203. The van der Waals surface area contributed by atoms with Crippen LogP contribution in [0.3, 0.4) is 0 Å². The Bertz CT molecular complexity index is 1080. The Balaban J connectivity index is 1.67. The van der Waals surface area contributed by atoms with Crippen molar-refractivity contribution in [3.8, 4) is 11.5 Å². The largest absolute Gasteiger partial charge is 0.479 e. The summed E-state index contributed by atoms with van der Waals surface area (Å²) >= 11 is 0. The lowest BCUT2D eigenvalue weighted by Crippen LogP contribution is -2.35. The Hall–Kier alpha value is -3.69. The van der Waals surface area contributed by atoms with Gasteiger partial charge < -0.3 is 14.8 Å². The van der Waals surface area contributed by atoms with Crippen molar-refractivity contribution in [2.75, 3.05) is 0 Å². The van der Waals surface area contributed by atoms with Crippen LogP contribution in [0.15, 0.2) is 52.9 Å². The molecule has 1 amide bonds. The van der Waals surface area contributed by atoms with Gasteiger partial charge in [0.15, 0.2) is 6.04 Å². The number of rotatable bonds is 7. The molecule has 0 saturated heterocycles. The van der Waals surface area contributed by atoms with Crippen molar-refractivity contribution in [2.45, 2.75) is 32.0 Å². The summed E-state index contributed by atoms with van der Waals surface area (Å²) in [6.45, 7) is 1.93. The van der Waals surface area contributed by atoms with Crippen molar-refractivity contribution >= 4 is 11.9 Å². The van der Waals surface area contributed by atoms with Gasteiger partial charge in [-0.15, -0.1) is 10.2 Å². The maximum absolute atomic E-state index is 13.2. The summed E-state index contributed by atoms with van der Waals surface area (Å²) in [5.41, 5.74) is 0.0846. The van der Waals surface area contributed by atoms with Gasteiger partial charge in [0.05, 0.1) is 5.56 Å². The molecule has 0 aliphatic rings. The lowest BCUT2D eigenvalue weighted by Gasteiger charge is -2.19. The van der Waals surface area contributed by atoms with E-state index in [4.69, 9.17) is 4.42 Å². The standard InChI is InChI=1S/C21H18F3N3O4/c1-12-6-8-13(9-7-12)19-27-26-17(31-19)11-10-16(28)25-18(20(29)30)14-4-2-3-5-15(14)21(22,23)24/h2-9,18H,10-11H2,1H3,(H,25,28)(H,29,30)/t18-/m0/s1. The summed E-state index contributed by atoms with van der Waals surface area (Å²) < 4.78 is 45.1. The van der Waals surface area contributed by atoms with E-state index in [0.29, 0.717) is 5.56 Å². The fourth-order valence-corrected chi connectivity index (χ4v) is 2.90. The average molecular weight is 433 g/mol. The highest BCUT2D eigenvalue weighted by Gasteiger charge is 2.37. The molecule has 3 aromatic rings. The fraction of sp³-hybridized carbons (Fsp3) is 0.238. The van der Waals surface area contributed by atoms with Gasteiger partial charge in [0.25, 0.3) is 0 Å². The minimum Gasteiger partial charge on any atom is -0.479 e. The lowest BCUT2D eigenvalue weighted by molar-refractivity contribution is -0.144. The second kappa shape index (κ2) is 8.99. The summed E-state index contributed by atoms with van der Waals surface area (Å²) in [5.74, 6) is -1.96. The predicted molar refractivity (Wildman–Crippen MR) is 103 cm³/mol. The zero-order valence-electron chi connectivity index (χ0n) is 16.3. The van der Waals surface area contributed by atoms with Crippen LogP contribution >= 0.6 is 0 Å². The molecule has 7 nitrogen and oxygen atoms in total. The molecule has 1 heterocycles. The third-order valence-electron chi connectivity index (χ3n) is 4.46. The number of hydrogen-bond donors (Lipinski definition) is 2. The van der Waals surface area contributed by atoms with E-state index in [0.717, 1.165) is 23.8 Å². The van der Waals surface area contributed by atoms with E-state index in [1.807, 2.05) is 19.1 Å². The number of amides is 1. The average Bonchev–Trinajstić information content (AvgIpc) is 3.19. The third-order valence-corrected chi connectivity index (χ3v) is 4.46. The van der Waals surface area contributed by atoms with Gasteiger partial charge in [-0.1, -0.05) is 35.9 Å². The third kappa shape index (κ3) is 5.47. The van der Waals surface area contributed by atoms with Gasteiger partial charge in [-0.05, 0) is 30.7 Å². The topological polar surface area (TPSA) is 105 Å². The molecule has 1 aromatic heterocycles. The first-order chi connectivity index (χ1) is 14.6. The molecule has 2 N–H and O–H groups in total. The molecule has 0 bridgehead atoms. The summed E-state index contributed by atoms with van der Waals surface area (Å²) in [5, 5.41) is 19.3. The Morgan fingerprint density at radius 3 is 2.42 bits per heavy atom. The fourth-order valence-electron chi connectivity index (χ4n) is 2.90. The molecule has 0 spiro atoms.